The number of hydrogen-bond donors (Lipinski definition) is 1. The first-order valence-corrected chi connectivity index (χ1v) is 10.1. The Morgan fingerprint density at radius 1 is 1.16 bits per heavy atom. The number of aromatic nitrogens is 4. The van der Waals surface area contributed by atoms with Crippen molar-refractivity contribution in [2.24, 2.45) is 0 Å². The number of nitrogens with zero attached hydrogens (tertiary/aromatic N) is 4. The SMILES string of the molecule is COc1cccc(Cn2nc(C)c(NC(=O)Cn3nc(C(F)(F)F)c(Br)c3C)c2C)c1. The lowest BCUT2D eigenvalue weighted by atomic mass is 10.2. The lowest BCUT2D eigenvalue weighted by Crippen LogP contribution is -2.21. The van der Waals surface area contributed by atoms with Crippen molar-refractivity contribution in [3.05, 3.63) is 57.1 Å². The number of halogens is 4. The average molecular weight is 500 g/mol. The fourth-order valence-electron chi connectivity index (χ4n) is 3.15. The Bertz CT molecular complexity index is 1120. The van der Waals surface area contributed by atoms with Gasteiger partial charge in [-0.1, -0.05) is 12.1 Å². The largest absolute Gasteiger partial charge is 0.497 e. The van der Waals surface area contributed by atoms with Crippen molar-refractivity contribution in [1.29, 1.82) is 0 Å². The molecule has 0 aliphatic rings. The van der Waals surface area contributed by atoms with E-state index in [0.717, 1.165) is 21.7 Å². The Balaban J connectivity index is 1.77. The van der Waals surface area contributed by atoms with Crippen molar-refractivity contribution in [3.8, 4) is 5.75 Å². The van der Waals surface area contributed by atoms with Crippen LogP contribution in [0.2, 0.25) is 0 Å². The Morgan fingerprint density at radius 3 is 2.48 bits per heavy atom. The van der Waals surface area contributed by atoms with Gasteiger partial charge in [0, 0.05) is 0 Å². The van der Waals surface area contributed by atoms with Gasteiger partial charge in [-0.15, -0.1) is 0 Å². The van der Waals surface area contributed by atoms with Crippen LogP contribution in [-0.2, 0) is 24.1 Å². The molecule has 0 saturated heterocycles. The van der Waals surface area contributed by atoms with Crippen LogP contribution in [0.1, 0.15) is 28.3 Å². The number of methoxy groups -OCH3 is 1. The highest BCUT2D eigenvalue weighted by Crippen LogP contribution is 2.35. The van der Waals surface area contributed by atoms with E-state index in [0.29, 0.717) is 17.9 Å². The molecule has 0 bridgehead atoms. The number of amides is 1. The minimum atomic E-state index is -4.61. The van der Waals surface area contributed by atoms with Gasteiger partial charge in [0.15, 0.2) is 5.69 Å². The van der Waals surface area contributed by atoms with E-state index in [9.17, 15) is 18.0 Å². The Morgan fingerprint density at radius 2 is 1.87 bits per heavy atom. The van der Waals surface area contributed by atoms with Crippen LogP contribution in [0.5, 0.6) is 5.75 Å². The number of anilines is 1. The number of carbonyl (C=O) groups is 1. The number of nitrogens with one attached hydrogen (secondary N) is 1. The smallest absolute Gasteiger partial charge is 0.436 e. The van der Waals surface area contributed by atoms with Crippen molar-refractivity contribution >= 4 is 27.5 Å². The first kappa shape index (κ1) is 22.9. The predicted octanol–water partition coefficient (Wildman–Crippen LogP) is 4.48. The summed E-state index contributed by atoms with van der Waals surface area (Å²) in [7, 11) is 1.59. The summed E-state index contributed by atoms with van der Waals surface area (Å²) in [5.74, 6) is 0.227. The molecule has 31 heavy (non-hydrogen) atoms. The summed E-state index contributed by atoms with van der Waals surface area (Å²) in [6.45, 7) is 5.14. The zero-order valence-corrected chi connectivity index (χ0v) is 18.9. The van der Waals surface area contributed by atoms with E-state index in [1.807, 2.05) is 31.2 Å². The van der Waals surface area contributed by atoms with Gasteiger partial charge in [-0.05, 0) is 54.4 Å². The molecule has 3 rings (SSSR count). The van der Waals surface area contributed by atoms with Crippen LogP contribution >= 0.6 is 15.9 Å². The molecule has 0 atom stereocenters. The number of alkyl halides is 3. The highest BCUT2D eigenvalue weighted by Gasteiger charge is 2.38. The van der Waals surface area contributed by atoms with Crippen LogP contribution in [-0.4, -0.2) is 32.6 Å². The lowest BCUT2D eigenvalue weighted by molar-refractivity contribution is -0.142. The van der Waals surface area contributed by atoms with Gasteiger partial charge in [-0.25, -0.2) is 0 Å². The van der Waals surface area contributed by atoms with Gasteiger partial charge in [0.05, 0.1) is 40.9 Å². The number of benzene rings is 1. The molecule has 0 spiro atoms. The number of aryl methyl sites for hydroxylation is 1. The first-order chi connectivity index (χ1) is 14.5. The summed E-state index contributed by atoms with van der Waals surface area (Å²) in [5.41, 5.74) is 1.97. The molecule has 0 fully saturated rings. The number of rotatable bonds is 6. The number of hydrogen-bond acceptors (Lipinski definition) is 4. The van der Waals surface area contributed by atoms with Gasteiger partial charge >= 0.3 is 6.18 Å². The van der Waals surface area contributed by atoms with Gasteiger partial charge < -0.3 is 10.1 Å². The highest BCUT2D eigenvalue weighted by molar-refractivity contribution is 9.10. The average Bonchev–Trinajstić information content (AvgIpc) is 3.13. The molecule has 7 nitrogen and oxygen atoms in total. The van der Waals surface area contributed by atoms with Gasteiger partial charge in [-0.3, -0.25) is 14.2 Å². The zero-order valence-electron chi connectivity index (χ0n) is 17.3. The monoisotopic (exact) mass is 499 g/mol. The third kappa shape index (κ3) is 4.92. The molecule has 3 aromatic rings. The normalized spacial score (nSPS) is 11.6. The molecule has 1 aromatic carbocycles. The molecule has 166 valence electrons. The van der Waals surface area contributed by atoms with Crippen LogP contribution < -0.4 is 10.1 Å². The summed E-state index contributed by atoms with van der Waals surface area (Å²) in [6, 6.07) is 7.55. The number of carbonyl (C=O) groups excluding carboxylic acids is 1. The highest BCUT2D eigenvalue weighted by atomic mass is 79.9. The van der Waals surface area contributed by atoms with Gasteiger partial charge in [-0.2, -0.15) is 23.4 Å². The van der Waals surface area contributed by atoms with Crippen LogP contribution in [0.4, 0.5) is 18.9 Å². The summed E-state index contributed by atoms with van der Waals surface area (Å²) < 4.78 is 46.9. The van der Waals surface area contributed by atoms with Gasteiger partial charge in [0.2, 0.25) is 5.91 Å². The lowest BCUT2D eigenvalue weighted by Gasteiger charge is -2.09. The quantitative estimate of drug-likeness (QED) is 0.542. The Hall–Kier alpha value is -2.82. The van der Waals surface area contributed by atoms with E-state index < -0.39 is 17.8 Å². The van der Waals surface area contributed by atoms with Crippen molar-refractivity contribution in [1.82, 2.24) is 19.6 Å². The van der Waals surface area contributed by atoms with Crippen LogP contribution in [0.3, 0.4) is 0 Å². The molecule has 2 heterocycles. The molecule has 0 aliphatic heterocycles. The topological polar surface area (TPSA) is 74.0 Å². The van der Waals surface area contributed by atoms with Gasteiger partial charge in [0.25, 0.3) is 0 Å². The second-order valence-corrected chi connectivity index (χ2v) is 7.80. The van der Waals surface area contributed by atoms with E-state index in [-0.39, 0.29) is 16.7 Å². The maximum atomic E-state index is 13.0. The maximum absolute atomic E-state index is 13.0. The van der Waals surface area contributed by atoms with E-state index >= 15 is 0 Å². The third-order valence-corrected chi connectivity index (χ3v) is 5.76. The molecule has 0 radical (unpaired) electrons. The van der Waals surface area contributed by atoms with E-state index in [1.165, 1.54) is 6.92 Å². The zero-order chi connectivity index (χ0) is 22.9. The summed E-state index contributed by atoms with van der Waals surface area (Å²) in [4.78, 5) is 12.5. The van der Waals surface area contributed by atoms with Crippen LogP contribution in [0.15, 0.2) is 28.7 Å². The molecule has 0 aliphatic carbocycles. The third-order valence-electron chi connectivity index (χ3n) is 4.81. The Labute approximate surface area is 185 Å². The van der Waals surface area contributed by atoms with E-state index in [4.69, 9.17) is 4.74 Å². The van der Waals surface area contributed by atoms with Crippen molar-refractivity contribution in [2.45, 2.75) is 40.0 Å². The van der Waals surface area contributed by atoms with Crippen molar-refractivity contribution < 1.29 is 22.7 Å². The molecule has 0 unspecified atom stereocenters. The minimum Gasteiger partial charge on any atom is -0.497 e. The molecule has 1 amide bonds. The molecule has 11 heteroatoms. The summed E-state index contributed by atoms with van der Waals surface area (Å²) in [5, 5.41) is 10.8. The Kier molecular flexibility index (Phi) is 6.44. The summed E-state index contributed by atoms with van der Waals surface area (Å²) >= 11 is 2.90. The fourth-order valence-corrected chi connectivity index (χ4v) is 3.66. The first-order valence-electron chi connectivity index (χ1n) is 9.28. The maximum Gasteiger partial charge on any atom is 0.436 e. The van der Waals surface area contributed by atoms with E-state index in [1.54, 1.807) is 18.7 Å². The standard InChI is InChI=1S/C20H21BrF3N5O2/c1-11-18(13(3)28(26-11)9-14-6-5-7-15(8-14)31-4)25-16(30)10-29-12(2)17(21)19(27-29)20(22,23)24/h5-8H,9-10H2,1-4H3,(H,25,30). The molecular weight excluding hydrogens is 479 g/mol. The second-order valence-electron chi connectivity index (χ2n) is 7.01. The second kappa shape index (κ2) is 8.74. The summed E-state index contributed by atoms with van der Waals surface area (Å²) in [6.07, 6.45) is -4.61. The molecule has 0 saturated carbocycles. The minimum absolute atomic E-state index is 0.175. The van der Waals surface area contributed by atoms with Crippen molar-refractivity contribution in [2.75, 3.05) is 12.4 Å². The fraction of sp³-hybridized carbons (Fsp3) is 0.350. The molecule has 1 N–H and O–H groups in total. The van der Waals surface area contributed by atoms with E-state index in [2.05, 4.69) is 31.4 Å². The molecular formula is C20H21BrF3N5O2. The van der Waals surface area contributed by atoms with Crippen molar-refractivity contribution in [3.63, 3.8) is 0 Å². The van der Waals surface area contributed by atoms with Gasteiger partial charge in [0.1, 0.15) is 12.3 Å². The number of ether oxygens (including phenoxy) is 1. The van der Waals surface area contributed by atoms with Crippen LogP contribution in [0.25, 0.3) is 0 Å². The predicted molar refractivity (Wildman–Crippen MR) is 112 cm³/mol. The van der Waals surface area contributed by atoms with Crippen LogP contribution in [0, 0.1) is 20.8 Å². The molecule has 2 aromatic heterocycles.